The van der Waals surface area contributed by atoms with Crippen molar-refractivity contribution in [2.75, 3.05) is 20.0 Å². The summed E-state index contributed by atoms with van der Waals surface area (Å²) in [6.45, 7) is 1.89. The average molecular weight is 245 g/mol. The molecule has 0 atom stereocenters. The van der Waals surface area contributed by atoms with Crippen LogP contribution in [0.4, 0.5) is 5.82 Å². The minimum Gasteiger partial charge on any atom is -0.493 e. The van der Waals surface area contributed by atoms with Gasteiger partial charge in [-0.3, -0.25) is 0 Å². The number of ether oxygens (including phenoxy) is 2. The third-order valence-electron chi connectivity index (χ3n) is 2.74. The van der Waals surface area contributed by atoms with Crippen LogP contribution in [-0.4, -0.2) is 24.2 Å². The van der Waals surface area contributed by atoms with Crippen LogP contribution in [0.25, 0.3) is 11.1 Å². The van der Waals surface area contributed by atoms with Gasteiger partial charge in [0.2, 0.25) is 0 Å². The van der Waals surface area contributed by atoms with Crippen molar-refractivity contribution in [2.45, 2.75) is 6.92 Å². The number of aryl methyl sites for hydroxylation is 1. The van der Waals surface area contributed by atoms with Crippen LogP contribution in [-0.2, 0) is 0 Å². The van der Waals surface area contributed by atoms with Crippen LogP contribution in [0.3, 0.4) is 0 Å². The quantitative estimate of drug-likeness (QED) is 0.896. The van der Waals surface area contributed by atoms with Crippen molar-refractivity contribution in [3.8, 4) is 22.6 Å². The fourth-order valence-corrected chi connectivity index (χ4v) is 1.84. The van der Waals surface area contributed by atoms with Gasteiger partial charge < -0.3 is 15.2 Å². The van der Waals surface area contributed by atoms with Gasteiger partial charge in [-0.1, -0.05) is 6.07 Å². The molecule has 0 saturated carbocycles. The Morgan fingerprint density at radius 3 is 2.39 bits per heavy atom. The van der Waals surface area contributed by atoms with E-state index >= 15 is 0 Å². The van der Waals surface area contributed by atoms with E-state index in [9.17, 15) is 0 Å². The number of aromatic nitrogens is 2. The Kier molecular flexibility index (Phi) is 3.32. The molecule has 18 heavy (non-hydrogen) atoms. The van der Waals surface area contributed by atoms with Crippen LogP contribution in [0.15, 0.2) is 24.5 Å². The number of benzene rings is 1. The molecule has 5 nitrogen and oxygen atoms in total. The Morgan fingerprint density at radius 1 is 1.06 bits per heavy atom. The van der Waals surface area contributed by atoms with E-state index in [1.807, 2.05) is 25.1 Å². The van der Waals surface area contributed by atoms with Crippen molar-refractivity contribution < 1.29 is 9.47 Å². The molecule has 0 saturated heterocycles. The lowest BCUT2D eigenvalue weighted by Crippen LogP contribution is -1.99. The summed E-state index contributed by atoms with van der Waals surface area (Å²) in [6.07, 6.45) is 1.45. The molecule has 1 aromatic heterocycles. The maximum atomic E-state index is 5.89. The van der Waals surface area contributed by atoms with E-state index in [2.05, 4.69) is 9.97 Å². The second-order valence-electron chi connectivity index (χ2n) is 3.79. The summed E-state index contributed by atoms with van der Waals surface area (Å²) in [6, 6.07) is 5.60. The first kappa shape index (κ1) is 12.2. The molecule has 2 N–H and O–H groups in total. The summed E-state index contributed by atoms with van der Waals surface area (Å²) in [7, 11) is 3.20. The van der Waals surface area contributed by atoms with Crippen molar-refractivity contribution in [3.05, 3.63) is 30.2 Å². The number of nitrogens with zero attached hydrogens (tertiary/aromatic N) is 2. The first-order valence-corrected chi connectivity index (χ1v) is 5.47. The van der Waals surface area contributed by atoms with E-state index < -0.39 is 0 Å². The molecule has 1 heterocycles. The SMILES string of the molecule is COc1ccc(-c2c(C)ncnc2N)cc1OC. The number of hydrogen-bond acceptors (Lipinski definition) is 5. The van der Waals surface area contributed by atoms with Gasteiger partial charge in [0.05, 0.1) is 19.9 Å². The number of nitrogens with two attached hydrogens (primary N) is 1. The molecule has 94 valence electrons. The third kappa shape index (κ3) is 2.07. The second kappa shape index (κ2) is 4.91. The normalized spacial score (nSPS) is 10.2. The standard InChI is InChI=1S/C13H15N3O2/c1-8-12(13(14)16-7-15-8)9-4-5-10(17-2)11(6-9)18-3/h4-7H,1-3H3,(H2,14,15,16). The predicted octanol–water partition coefficient (Wildman–Crippen LogP) is 2.05. The number of nitrogen functional groups attached to an aromatic ring is 1. The first-order valence-electron chi connectivity index (χ1n) is 5.47. The summed E-state index contributed by atoms with van der Waals surface area (Å²) < 4.78 is 10.5. The Morgan fingerprint density at radius 2 is 1.78 bits per heavy atom. The molecule has 2 rings (SSSR count). The van der Waals surface area contributed by atoms with E-state index in [0.29, 0.717) is 17.3 Å². The minimum atomic E-state index is 0.453. The van der Waals surface area contributed by atoms with Crippen LogP contribution in [0, 0.1) is 6.92 Å². The highest BCUT2D eigenvalue weighted by Crippen LogP contribution is 2.34. The summed E-state index contributed by atoms with van der Waals surface area (Å²) in [5.74, 6) is 1.78. The van der Waals surface area contributed by atoms with Crippen molar-refractivity contribution in [1.82, 2.24) is 9.97 Å². The molecule has 0 aliphatic carbocycles. The summed E-state index contributed by atoms with van der Waals surface area (Å²) in [5, 5.41) is 0. The van der Waals surface area contributed by atoms with Crippen molar-refractivity contribution in [1.29, 1.82) is 0 Å². The first-order chi connectivity index (χ1) is 8.67. The largest absolute Gasteiger partial charge is 0.493 e. The highest BCUT2D eigenvalue weighted by molar-refractivity contribution is 5.77. The molecule has 0 fully saturated rings. The van der Waals surface area contributed by atoms with E-state index in [1.165, 1.54) is 6.33 Å². The lowest BCUT2D eigenvalue weighted by Gasteiger charge is -2.11. The van der Waals surface area contributed by atoms with Gasteiger partial charge in [0.25, 0.3) is 0 Å². The Labute approximate surface area is 106 Å². The molecule has 1 aromatic carbocycles. The molecule has 0 bridgehead atoms. The van der Waals surface area contributed by atoms with Gasteiger partial charge in [-0.05, 0) is 24.6 Å². The summed E-state index contributed by atoms with van der Waals surface area (Å²) in [4.78, 5) is 8.16. The Balaban J connectivity index is 2.58. The fourth-order valence-electron chi connectivity index (χ4n) is 1.84. The summed E-state index contributed by atoms with van der Waals surface area (Å²) in [5.41, 5.74) is 8.44. The van der Waals surface area contributed by atoms with Crippen LogP contribution in [0.2, 0.25) is 0 Å². The van der Waals surface area contributed by atoms with Crippen molar-refractivity contribution in [3.63, 3.8) is 0 Å². The van der Waals surface area contributed by atoms with Crippen LogP contribution in [0.1, 0.15) is 5.69 Å². The molecule has 0 aliphatic heterocycles. The number of hydrogen-bond donors (Lipinski definition) is 1. The Bertz CT molecular complexity index is 550. The molecule has 5 heteroatoms. The molecule has 0 amide bonds. The van der Waals surface area contributed by atoms with Gasteiger partial charge in [0.1, 0.15) is 12.1 Å². The lowest BCUT2D eigenvalue weighted by molar-refractivity contribution is 0.355. The van der Waals surface area contributed by atoms with Crippen LogP contribution < -0.4 is 15.2 Å². The van der Waals surface area contributed by atoms with E-state index in [4.69, 9.17) is 15.2 Å². The highest BCUT2D eigenvalue weighted by atomic mass is 16.5. The predicted molar refractivity (Wildman–Crippen MR) is 69.7 cm³/mol. The third-order valence-corrected chi connectivity index (χ3v) is 2.74. The van der Waals surface area contributed by atoms with E-state index in [-0.39, 0.29) is 0 Å². The lowest BCUT2D eigenvalue weighted by atomic mass is 10.0. The number of anilines is 1. The van der Waals surface area contributed by atoms with Crippen molar-refractivity contribution >= 4 is 5.82 Å². The smallest absolute Gasteiger partial charge is 0.161 e. The molecule has 0 radical (unpaired) electrons. The maximum Gasteiger partial charge on any atom is 0.161 e. The molecular weight excluding hydrogens is 230 g/mol. The maximum absolute atomic E-state index is 5.89. The van der Waals surface area contributed by atoms with Gasteiger partial charge in [-0.2, -0.15) is 0 Å². The van der Waals surface area contributed by atoms with Gasteiger partial charge in [0, 0.05) is 5.56 Å². The average Bonchev–Trinajstić information content (AvgIpc) is 2.38. The number of methoxy groups -OCH3 is 2. The van der Waals surface area contributed by atoms with Gasteiger partial charge in [0.15, 0.2) is 11.5 Å². The van der Waals surface area contributed by atoms with Gasteiger partial charge in [-0.25, -0.2) is 9.97 Å². The Hall–Kier alpha value is -2.30. The molecule has 2 aromatic rings. The molecule has 0 unspecified atom stereocenters. The topological polar surface area (TPSA) is 70.3 Å². The van der Waals surface area contributed by atoms with Crippen LogP contribution in [0.5, 0.6) is 11.5 Å². The van der Waals surface area contributed by atoms with Crippen molar-refractivity contribution in [2.24, 2.45) is 0 Å². The van der Waals surface area contributed by atoms with Crippen LogP contribution >= 0.6 is 0 Å². The number of rotatable bonds is 3. The summed E-state index contributed by atoms with van der Waals surface area (Å²) >= 11 is 0. The highest BCUT2D eigenvalue weighted by Gasteiger charge is 2.11. The molecule has 0 spiro atoms. The van der Waals surface area contributed by atoms with E-state index in [1.54, 1.807) is 14.2 Å². The minimum absolute atomic E-state index is 0.453. The van der Waals surface area contributed by atoms with E-state index in [0.717, 1.165) is 16.8 Å². The molecule has 0 aliphatic rings. The molecular formula is C13H15N3O2. The van der Waals surface area contributed by atoms with Gasteiger partial charge >= 0.3 is 0 Å². The van der Waals surface area contributed by atoms with Gasteiger partial charge in [-0.15, -0.1) is 0 Å². The zero-order chi connectivity index (χ0) is 13.1. The zero-order valence-corrected chi connectivity index (χ0v) is 10.6. The zero-order valence-electron chi connectivity index (χ0n) is 10.6. The second-order valence-corrected chi connectivity index (χ2v) is 3.79. The monoisotopic (exact) mass is 245 g/mol. The fraction of sp³-hybridized carbons (Fsp3) is 0.231.